The van der Waals surface area contributed by atoms with Crippen LogP contribution in [0.2, 0.25) is 5.02 Å². The molecular formula is C34H49ClN6O3. The number of halogens is 1. The predicted octanol–water partition coefficient (Wildman–Crippen LogP) is 6.97. The lowest BCUT2D eigenvalue weighted by Crippen LogP contribution is -2.45. The second kappa shape index (κ2) is 15.9. The molecule has 1 aliphatic heterocycles. The van der Waals surface area contributed by atoms with Crippen molar-refractivity contribution in [1.82, 2.24) is 15.3 Å². The van der Waals surface area contributed by atoms with Crippen molar-refractivity contribution < 1.29 is 14.2 Å². The molecule has 10 heteroatoms. The topological polar surface area (TPSA) is 113 Å². The maximum Gasteiger partial charge on any atom is 0.126 e. The normalized spacial score (nSPS) is 21.8. The first-order valence-electron chi connectivity index (χ1n) is 16.0. The molecule has 0 radical (unpaired) electrons. The van der Waals surface area contributed by atoms with Gasteiger partial charge in [0.1, 0.15) is 23.0 Å². The molecule has 3 N–H and O–H groups in total. The van der Waals surface area contributed by atoms with Gasteiger partial charge in [-0.2, -0.15) is 5.26 Å². The summed E-state index contributed by atoms with van der Waals surface area (Å²) in [7, 11) is 0. The minimum absolute atomic E-state index is 0.227. The lowest BCUT2D eigenvalue weighted by molar-refractivity contribution is -0.0522. The summed E-state index contributed by atoms with van der Waals surface area (Å²) in [6.45, 7) is 15.3. The zero-order valence-corrected chi connectivity index (χ0v) is 27.5. The third-order valence-electron chi connectivity index (χ3n) is 9.01. The summed E-state index contributed by atoms with van der Waals surface area (Å²) < 4.78 is 17.4. The van der Waals surface area contributed by atoms with Gasteiger partial charge in [-0.15, -0.1) is 0 Å². The quantitative estimate of drug-likeness (QED) is 0.181. The number of ether oxygens (including phenoxy) is 3. The summed E-state index contributed by atoms with van der Waals surface area (Å²) in [6.07, 6.45) is 8.17. The zero-order chi connectivity index (χ0) is 31.6. The van der Waals surface area contributed by atoms with E-state index in [9.17, 15) is 5.26 Å². The van der Waals surface area contributed by atoms with E-state index in [1.807, 2.05) is 38.1 Å². The fourth-order valence-electron chi connectivity index (χ4n) is 5.83. The molecule has 2 aromatic rings. The van der Waals surface area contributed by atoms with E-state index in [0.717, 1.165) is 67.8 Å². The molecule has 9 nitrogen and oxygen atoms in total. The molecule has 2 atom stereocenters. The Morgan fingerprint density at radius 1 is 1.20 bits per heavy atom. The minimum Gasteiger partial charge on any atom is -0.496 e. The molecule has 0 amide bonds. The maximum atomic E-state index is 9.78. The van der Waals surface area contributed by atoms with Gasteiger partial charge in [0.25, 0.3) is 0 Å². The average molecular weight is 625 g/mol. The van der Waals surface area contributed by atoms with Crippen LogP contribution in [0.15, 0.2) is 42.8 Å². The predicted molar refractivity (Wildman–Crippen MR) is 177 cm³/mol. The van der Waals surface area contributed by atoms with Gasteiger partial charge >= 0.3 is 0 Å². The van der Waals surface area contributed by atoms with Crippen molar-refractivity contribution in [2.75, 3.05) is 43.6 Å². The smallest absolute Gasteiger partial charge is 0.126 e. The average Bonchev–Trinajstić information content (AvgIpc) is 3.05. The SMILES string of the molecule is C=C(OCC)C(C)(CC)OC[C@H](C)NC1CCC(Nc2cc(-c3cccc(NCC4(C#N)CCOCC4)n3)c(Cl)cn2)CC1. The van der Waals surface area contributed by atoms with Crippen LogP contribution in [0.5, 0.6) is 0 Å². The summed E-state index contributed by atoms with van der Waals surface area (Å²) >= 11 is 6.59. The van der Waals surface area contributed by atoms with E-state index in [1.54, 1.807) is 6.20 Å². The van der Waals surface area contributed by atoms with Crippen molar-refractivity contribution in [3.8, 4) is 17.3 Å². The molecule has 0 aromatic carbocycles. The van der Waals surface area contributed by atoms with Crippen LogP contribution in [0, 0.1) is 16.7 Å². The highest BCUT2D eigenvalue weighted by atomic mass is 35.5. The second-order valence-corrected chi connectivity index (χ2v) is 12.7. The van der Waals surface area contributed by atoms with E-state index < -0.39 is 11.0 Å². The lowest BCUT2D eigenvalue weighted by atomic mass is 9.82. The largest absolute Gasteiger partial charge is 0.496 e. The van der Waals surface area contributed by atoms with Gasteiger partial charge in [0, 0.05) is 49.6 Å². The highest BCUT2D eigenvalue weighted by Crippen LogP contribution is 2.32. The van der Waals surface area contributed by atoms with E-state index >= 15 is 0 Å². The van der Waals surface area contributed by atoms with Gasteiger partial charge in [0.05, 0.1) is 35.4 Å². The Hall–Kier alpha value is -2.90. The minimum atomic E-state index is -0.476. The Labute approximate surface area is 268 Å². The van der Waals surface area contributed by atoms with Crippen molar-refractivity contribution in [1.29, 1.82) is 5.26 Å². The fraction of sp³-hybridized carbons (Fsp3) is 0.618. The number of nitrogens with one attached hydrogen (secondary N) is 3. The van der Waals surface area contributed by atoms with Gasteiger partial charge in [-0.05, 0) is 83.9 Å². The third kappa shape index (κ3) is 9.07. The summed E-state index contributed by atoms with van der Waals surface area (Å²) in [6, 6.07) is 11.3. The van der Waals surface area contributed by atoms with Gasteiger partial charge < -0.3 is 30.2 Å². The molecule has 1 saturated heterocycles. The fourth-order valence-corrected chi connectivity index (χ4v) is 6.03. The van der Waals surface area contributed by atoms with Crippen LogP contribution in [0.1, 0.15) is 72.6 Å². The maximum absolute atomic E-state index is 9.78. The van der Waals surface area contributed by atoms with Crippen molar-refractivity contribution in [2.45, 2.75) is 96.4 Å². The highest BCUT2D eigenvalue weighted by molar-refractivity contribution is 6.33. The lowest BCUT2D eigenvalue weighted by Gasteiger charge is -2.34. The van der Waals surface area contributed by atoms with Crippen LogP contribution in [0.4, 0.5) is 11.6 Å². The molecule has 2 aromatic heterocycles. The van der Waals surface area contributed by atoms with Crippen LogP contribution in [-0.2, 0) is 14.2 Å². The number of hydrogen-bond acceptors (Lipinski definition) is 9. The number of pyridine rings is 2. The Morgan fingerprint density at radius 3 is 2.61 bits per heavy atom. The van der Waals surface area contributed by atoms with Crippen molar-refractivity contribution in [2.24, 2.45) is 5.41 Å². The number of aromatic nitrogens is 2. The van der Waals surface area contributed by atoms with Crippen LogP contribution in [0.25, 0.3) is 11.3 Å². The summed E-state index contributed by atoms with van der Waals surface area (Å²) in [4.78, 5) is 9.38. The zero-order valence-electron chi connectivity index (χ0n) is 26.8. The second-order valence-electron chi connectivity index (χ2n) is 12.3. The standard InChI is InChI=1S/C34H49ClN6O3/c1-6-33(5,25(4)43-7-2)44-21-24(3)39-26-11-13-27(14-12-26)40-32-19-28(29(35)20-37-32)30-9-8-10-31(41-30)38-23-34(22-36)15-17-42-18-16-34/h8-10,19-20,24,26-27,39H,4,6-7,11-18,21,23H2,1-3,5H3,(H,37,40)(H,38,41)/t24-,26?,27?,33?/m0/s1. The Morgan fingerprint density at radius 2 is 1.93 bits per heavy atom. The first-order chi connectivity index (χ1) is 21.2. The number of hydrogen-bond donors (Lipinski definition) is 3. The van der Waals surface area contributed by atoms with E-state index in [0.29, 0.717) is 55.8 Å². The van der Waals surface area contributed by atoms with Crippen molar-refractivity contribution in [3.05, 3.63) is 47.8 Å². The van der Waals surface area contributed by atoms with Gasteiger partial charge in [0.2, 0.25) is 0 Å². The Kier molecular flexibility index (Phi) is 12.3. The van der Waals surface area contributed by atoms with Crippen LogP contribution in [0.3, 0.4) is 0 Å². The first-order valence-corrected chi connectivity index (χ1v) is 16.4. The van der Waals surface area contributed by atoms with Crippen LogP contribution >= 0.6 is 11.6 Å². The summed E-state index contributed by atoms with van der Waals surface area (Å²) in [5, 5.41) is 21.1. The van der Waals surface area contributed by atoms with Gasteiger partial charge in [0.15, 0.2) is 0 Å². The Balaban J connectivity index is 1.28. The molecule has 3 heterocycles. The molecule has 1 saturated carbocycles. The van der Waals surface area contributed by atoms with Crippen LogP contribution < -0.4 is 16.0 Å². The highest BCUT2D eigenvalue weighted by Gasteiger charge is 2.33. The van der Waals surface area contributed by atoms with Gasteiger partial charge in [-0.25, -0.2) is 9.97 Å². The molecule has 240 valence electrons. The van der Waals surface area contributed by atoms with Crippen molar-refractivity contribution in [3.63, 3.8) is 0 Å². The van der Waals surface area contributed by atoms with E-state index in [2.05, 4.69) is 47.4 Å². The number of nitrogens with zero attached hydrogens (tertiary/aromatic N) is 3. The molecule has 44 heavy (non-hydrogen) atoms. The van der Waals surface area contributed by atoms with Gasteiger partial charge in [-0.3, -0.25) is 0 Å². The Bertz CT molecular complexity index is 1270. The van der Waals surface area contributed by atoms with E-state index in [1.165, 1.54) is 0 Å². The summed E-state index contributed by atoms with van der Waals surface area (Å²) in [5.41, 5.74) is 0.675. The van der Waals surface area contributed by atoms with E-state index in [4.69, 9.17) is 30.8 Å². The van der Waals surface area contributed by atoms with Crippen LogP contribution in [-0.4, -0.2) is 66.7 Å². The monoisotopic (exact) mass is 624 g/mol. The number of anilines is 2. The summed E-state index contributed by atoms with van der Waals surface area (Å²) in [5.74, 6) is 2.20. The molecular weight excluding hydrogens is 576 g/mol. The third-order valence-corrected chi connectivity index (χ3v) is 9.31. The first kappa shape index (κ1) is 34.0. The van der Waals surface area contributed by atoms with E-state index in [-0.39, 0.29) is 6.04 Å². The number of nitriles is 1. The molecule has 1 unspecified atom stereocenters. The molecule has 4 rings (SSSR count). The molecule has 2 fully saturated rings. The molecule has 0 spiro atoms. The molecule has 0 bridgehead atoms. The molecule has 2 aliphatic rings. The molecule has 1 aliphatic carbocycles. The number of rotatable bonds is 15. The van der Waals surface area contributed by atoms with Gasteiger partial charge in [-0.1, -0.05) is 31.2 Å². The van der Waals surface area contributed by atoms with Crippen molar-refractivity contribution >= 4 is 23.2 Å².